The van der Waals surface area contributed by atoms with Crippen molar-refractivity contribution in [3.05, 3.63) is 50.5 Å². The molecule has 0 spiro atoms. The molecule has 0 aliphatic heterocycles. The molecule has 0 aliphatic carbocycles. The van der Waals surface area contributed by atoms with Crippen LogP contribution in [0.4, 0.5) is 0 Å². The van der Waals surface area contributed by atoms with Gasteiger partial charge in [-0.25, -0.2) is 4.98 Å². The first-order valence-electron chi connectivity index (χ1n) is 6.69. The Morgan fingerprint density at radius 1 is 1.11 bits per heavy atom. The molecule has 2 rings (SSSR count). The van der Waals surface area contributed by atoms with Crippen LogP contribution in [-0.4, -0.2) is 4.98 Å². The van der Waals surface area contributed by atoms with Gasteiger partial charge in [-0.1, -0.05) is 12.1 Å². The lowest BCUT2D eigenvalue weighted by atomic mass is 9.96. The average Bonchev–Trinajstić information content (AvgIpc) is 2.77. The van der Waals surface area contributed by atoms with Gasteiger partial charge in [0.25, 0.3) is 0 Å². The smallest absolute Gasteiger partial charge is 0.107 e. The molecule has 2 aromatic rings. The average molecular weight is 274 g/mol. The van der Waals surface area contributed by atoms with Gasteiger partial charge in [-0.2, -0.15) is 0 Å². The van der Waals surface area contributed by atoms with Gasteiger partial charge in [-0.05, 0) is 56.9 Å². The summed E-state index contributed by atoms with van der Waals surface area (Å²) in [6.45, 7) is 11.6. The van der Waals surface area contributed by atoms with Crippen LogP contribution in [0.5, 0.6) is 0 Å². The number of aromatic nitrogens is 1. The van der Waals surface area contributed by atoms with Crippen LogP contribution in [0, 0.1) is 27.7 Å². The summed E-state index contributed by atoms with van der Waals surface area (Å²) in [6.07, 6.45) is 0. The maximum atomic E-state index is 4.49. The van der Waals surface area contributed by atoms with E-state index in [1.807, 2.05) is 6.92 Å². The second-order valence-electron chi connectivity index (χ2n) is 5.28. The number of benzene rings is 1. The van der Waals surface area contributed by atoms with Crippen molar-refractivity contribution in [1.82, 2.24) is 10.3 Å². The molecule has 0 aliphatic rings. The number of rotatable bonds is 4. The number of nitrogens with one attached hydrogen (secondary N) is 1. The van der Waals surface area contributed by atoms with Crippen LogP contribution in [0.1, 0.15) is 45.9 Å². The first kappa shape index (κ1) is 14.2. The molecule has 0 bridgehead atoms. The molecule has 0 saturated carbocycles. The number of hydrogen-bond donors (Lipinski definition) is 1. The van der Waals surface area contributed by atoms with Crippen LogP contribution >= 0.6 is 11.3 Å². The lowest BCUT2D eigenvalue weighted by Gasteiger charge is -2.18. The third-order valence-electron chi connectivity index (χ3n) is 3.57. The van der Waals surface area contributed by atoms with Gasteiger partial charge in [0.1, 0.15) is 5.01 Å². The lowest BCUT2D eigenvalue weighted by Crippen LogP contribution is -2.19. The van der Waals surface area contributed by atoms with Crippen molar-refractivity contribution < 1.29 is 0 Å². The molecule has 1 atom stereocenters. The molecule has 2 nitrogen and oxygen atoms in total. The Labute approximate surface area is 119 Å². The van der Waals surface area contributed by atoms with Gasteiger partial charge < -0.3 is 5.32 Å². The van der Waals surface area contributed by atoms with E-state index in [0.717, 1.165) is 17.2 Å². The van der Waals surface area contributed by atoms with Crippen LogP contribution in [-0.2, 0) is 6.54 Å². The van der Waals surface area contributed by atoms with Crippen LogP contribution in [0.2, 0.25) is 0 Å². The van der Waals surface area contributed by atoms with E-state index in [2.05, 4.69) is 55.5 Å². The van der Waals surface area contributed by atoms with E-state index in [1.54, 1.807) is 11.3 Å². The van der Waals surface area contributed by atoms with Gasteiger partial charge in [0.15, 0.2) is 0 Å². The standard InChI is InChI=1S/C16H22N2S/c1-10-6-12(3)15(7-11(10)2)14(5)17-8-16-18-13(4)9-19-16/h6-7,9,14,17H,8H2,1-5H3. The summed E-state index contributed by atoms with van der Waals surface area (Å²) in [7, 11) is 0. The molecule has 0 fully saturated rings. The number of nitrogens with zero attached hydrogens (tertiary/aromatic N) is 1. The third-order valence-corrected chi connectivity index (χ3v) is 4.54. The topological polar surface area (TPSA) is 24.9 Å². The van der Waals surface area contributed by atoms with Gasteiger partial charge in [0, 0.05) is 23.7 Å². The minimum absolute atomic E-state index is 0.350. The van der Waals surface area contributed by atoms with Crippen LogP contribution < -0.4 is 5.32 Å². The molecule has 19 heavy (non-hydrogen) atoms. The zero-order valence-corrected chi connectivity index (χ0v) is 13.2. The summed E-state index contributed by atoms with van der Waals surface area (Å²) >= 11 is 1.72. The monoisotopic (exact) mass is 274 g/mol. The number of aryl methyl sites for hydroxylation is 4. The summed E-state index contributed by atoms with van der Waals surface area (Å²) in [6, 6.07) is 4.93. The Morgan fingerprint density at radius 3 is 2.42 bits per heavy atom. The molecule has 3 heteroatoms. The second kappa shape index (κ2) is 5.85. The SMILES string of the molecule is Cc1csc(CNC(C)c2cc(C)c(C)cc2C)n1. The van der Waals surface area contributed by atoms with Gasteiger partial charge >= 0.3 is 0 Å². The molecule has 0 radical (unpaired) electrons. The quantitative estimate of drug-likeness (QED) is 0.902. The Morgan fingerprint density at radius 2 is 1.79 bits per heavy atom. The Bertz CT molecular complexity index is 572. The van der Waals surface area contributed by atoms with Crippen molar-refractivity contribution >= 4 is 11.3 Å². The fourth-order valence-corrected chi connectivity index (χ4v) is 3.01. The predicted molar refractivity (Wildman–Crippen MR) is 82.8 cm³/mol. The third kappa shape index (κ3) is 3.43. The molecule has 0 amide bonds. The van der Waals surface area contributed by atoms with Gasteiger partial charge in [-0.3, -0.25) is 0 Å². The predicted octanol–water partition coefficient (Wildman–Crippen LogP) is 4.23. The summed E-state index contributed by atoms with van der Waals surface area (Å²) in [5.74, 6) is 0. The normalized spacial score (nSPS) is 12.7. The summed E-state index contributed by atoms with van der Waals surface area (Å²) in [5.41, 5.74) is 6.58. The highest BCUT2D eigenvalue weighted by molar-refractivity contribution is 7.09. The summed E-state index contributed by atoms with van der Waals surface area (Å²) in [4.78, 5) is 4.49. The second-order valence-corrected chi connectivity index (χ2v) is 6.22. The van der Waals surface area contributed by atoms with Gasteiger partial charge in [0.2, 0.25) is 0 Å². The number of thiazole rings is 1. The van der Waals surface area contributed by atoms with Crippen molar-refractivity contribution in [3.8, 4) is 0 Å². The van der Waals surface area contributed by atoms with E-state index in [-0.39, 0.29) is 0 Å². The first-order valence-corrected chi connectivity index (χ1v) is 7.57. The van der Waals surface area contributed by atoms with Gasteiger partial charge in [0.05, 0.1) is 0 Å². The molecule has 1 N–H and O–H groups in total. The van der Waals surface area contributed by atoms with E-state index >= 15 is 0 Å². The fourth-order valence-electron chi connectivity index (χ4n) is 2.28. The Balaban J connectivity index is 2.07. The number of hydrogen-bond acceptors (Lipinski definition) is 3. The van der Waals surface area contributed by atoms with Crippen LogP contribution in [0.3, 0.4) is 0 Å². The minimum atomic E-state index is 0.350. The van der Waals surface area contributed by atoms with Crippen LogP contribution in [0.15, 0.2) is 17.5 Å². The first-order chi connectivity index (χ1) is 8.97. The molecule has 1 aromatic heterocycles. The summed E-state index contributed by atoms with van der Waals surface area (Å²) < 4.78 is 0. The Kier molecular flexibility index (Phi) is 4.38. The van der Waals surface area contributed by atoms with Crippen molar-refractivity contribution in [2.24, 2.45) is 0 Å². The van der Waals surface area contributed by atoms with E-state index in [0.29, 0.717) is 6.04 Å². The highest BCUT2D eigenvalue weighted by Crippen LogP contribution is 2.22. The van der Waals surface area contributed by atoms with E-state index in [9.17, 15) is 0 Å². The van der Waals surface area contributed by atoms with Gasteiger partial charge in [-0.15, -0.1) is 11.3 Å². The molecular formula is C16H22N2S. The van der Waals surface area contributed by atoms with Crippen molar-refractivity contribution in [2.45, 2.75) is 47.2 Å². The zero-order valence-electron chi connectivity index (χ0n) is 12.4. The lowest BCUT2D eigenvalue weighted by molar-refractivity contribution is 0.570. The van der Waals surface area contributed by atoms with E-state index in [4.69, 9.17) is 0 Å². The highest BCUT2D eigenvalue weighted by Gasteiger charge is 2.10. The molecule has 102 valence electrons. The maximum absolute atomic E-state index is 4.49. The summed E-state index contributed by atoms with van der Waals surface area (Å²) in [5, 5.41) is 6.82. The van der Waals surface area contributed by atoms with Crippen LogP contribution in [0.25, 0.3) is 0 Å². The largest absolute Gasteiger partial charge is 0.304 e. The molecule has 1 aromatic carbocycles. The molecule has 1 heterocycles. The Hall–Kier alpha value is -1.19. The fraction of sp³-hybridized carbons (Fsp3) is 0.438. The van der Waals surface area contributed by atoms with E-state index < -0.39 is 0 Å². The molecule has 0 saturated heterocycles. The van der Waals surface area contributed by atoms with Crippen molar-refractivity contribution in [2.75, 3.05) is 0 Å². The van der Waals surface area contributed by atoms with E-state index in [1.165, 1.54) is 22.3 Å². The maximum Gasteiger partial charge on any atom is 0.107 e. The van der Waals surface area contributed by atoms with Crippen molar-refractivity contribution in [1.29, 1.82) is 0 Å². The molecule has 1 unspecified atom stereocenters. The zero-order chi connectivity index (χ0) is 14.0. The molecular weight excluding hydrogens is 252 g/mol. The minimum Gasteiger partial charge on any atom is -0.304 e. The highest BCUT2D eigenvalue weighted by atomic mass is 32.1. The van der Waals surface area contributed by atoms with Crippen molar-refractivity contribution in [3.63, 3.8) is 0 Å².